The molecule has 1 aliphatic carbocycles. The van der Waals surface area contributed by atoms with Crippen LogP contribution in [0, 0.1) is 5.92 Å². The van der Waals surface area contributed by atoms with Crippen LogP contribution >= 0.6 is 0 Å². The van der Waals surface area contributed by atoms with Gasteiger partial charge in [-0.05, 0) is 37.8 Å². The van der Waals surface area contributed by atoms with Gasteiger partial charge in [-0.3, -0.25) is 9.36 Å². The highest BCUT2D eigenvalue weighted by molar-refractivity contribution is 5.79. The molecule has 1 aromatic carbocycles. The monoisotopic (exact) mass is 299 g/mol. The van der Waals surface area contributed by atoms with Crippen LogP contribution in [0.3, 0.4) is 0 Å². The fourth-order valence-corrected chi connectivity index (χ4v) is 3.69. The minimum atomic E-state index is -0.0371. The molecule has 0 atom stereocenters. The molecular weight excluding hydrogens is 278 g/mol. The molecule has 0 radical (unpaired) electrons. The van der Waals surface area contributed by atoms with E-state index in [9.17, 15) is 9.59 Å². The topological polar surface area (TPSA) is 58.1 Å². The number of rotatable bonds is 2. The first kappa shape index (κ1) is 13.6. The molecule has 1 aliphatic heterocycles. The van der Waals surface area contributed by atoms with Crippen molar-refractivity contribution in [2.75, 3.05) is 13.1 Å². The normalized spacial score (nSPS) is 20.3. The lowest BCUT2D eigenvalue weighted by atomic mass is 9.84. The molecule has 0 bridgehead atoms. The summed E-state index contributed by atoms with van der Waals surface area (Å²) in [7, 11) is 0. The summed E-state index contributed by atoms with van der Waals surface area (Å²) in [5.74, 6) is 0.600. The summed E-state index contributed by atoms with van der Waals surface area (Å²) >= 11 is 0. The first-order valence-electron chi connectivity index (χ1n) is 8.22. The van der Waals surface area contributed by atoms with Gasteiger partial charge in [-0.2, -0.15) is 0 Å². The summed E-state index contributed by atoms with van der Waals surface area (Å²) in [6.45, 7) is 1.54. The van der Waals surface area contributed by atoms with Gasteiger partial charge in [-0.15, -0.1) is 0 Å². The van der Waals surface area contributed by atoms with E-state index in [1.165, 1.54) is 6.42 Å². The molecule has 1 amide bonds. The number of H-pyrrole nitrogens is 1. The Morgan fingerprint density at radius 3 is 2.50 bits per heavy atom. The number of piperidine rings is 1. The maximum absolute atomic E-state index is 12.3. The molecule has 2 aliphatic rings. The molecule has 1 aromatic heterocycles. The summed E-state index contributed by atoms with van der Waals surface area (Å²) in [6.07, 6.45) is 5.03. The van der Waals surface area contributed by atoms with E-state index >= 15 is 0 Å². The van der Waals surface area contributed by atoms with Crippen molar-refractivity contribution in [3.63, 3.8) is 0 Å². The summed E-state index contributed by atoms with van der Waals surface area (Å²) in [5.41, 5.74) is 1.82. The van der Waals surface area contributed by atoms with E-state index in [0.717, 1.165) is 49.8 Å². The second-order valence-corrected chi connectivity index (χ2v) is 6.50. The van der Waals surface area contributed by atoms with Crippen molar-refractivity contribution < 1.29 is 4.79 Å². The van der Waals surface area contributed by atoms with Crippen LogP contribution < -0.4 is 5.69 Å². The molecule has 1 saturated heterocycles. The Balaban J connectivity index is 1.52. The van der Waals surface area contributed by atoms with E-state index in [1.807, 2.05) is 33.7 Å². The van der Waals surface area contributed by atoms with Crippen molar-refractivity contribution in [3.8, 4) is 0 Å². The van der Waals surface area contributed by atoms with Crippen molar-refractivity contribution in [2.45, 2.75) is 38.1 Å². The Hall–Kier alpha value is -2.04. The van der Waals surface area contributed by atoms with Crippen LogP contribution in [-0.2, 0) is 4.79 Å². The molecule has 0 unspecified atom stereocenters. The molecule has 5 nitrogen and oxygen atoms in total. The second-order valence-electron chi connectivity index (χ2n) is 6.50. The fourth-order valence-electron chi connectivity index (χ4n) is 3.69. The minimum absolute atomic E-state index is 0.0371. The molecule has 0 spiro atoms. The standard InChI is InChI=1S/C17H21N3O2/c21-16(12-4-3-5-12)19-10-8-13(9-11-19)20-15-7-2-1-6-14(15)18-17(20)22/h1-2,6-7,12-13H,3-5,8-11H2,(H,18,22). The van der Waals surface area contributed by atoms with Gasteiger partial charge in [-0.25, -0.2) is 4.79 Å². The van der Waals surface area contributed by atoms with Gasteiger partial charge >= 0.3 is 5.69 Å². The van der Waals surface area contributed by atoms with Crippen LogP contribution in [-0.4, -0.2) is 33.4 Å². The van der Waals surface area contributed by atoms with Crippen LogP contribution in [0.2, 0.25) is 0 Å². The van der Waals surface area contributed by atoms with Gasteiger partial charge in [0.25, 0.3) is 0 Å². The lowest BCUT2D eigenvalue weighted by Crippen LogP contribution is -2.44. The number of para-hydroxylation sites is 2. The summed E-state index contributed by atoms with van der Waals surface area (Å²) in [5, 5.41) is 0. The molecule has 5 heteroatoms. The summed E-state index contributed by atoms with van der Waals surface area (Å²) in [6, 6.07) is 8.00. The van der Waals surface area contributed by atoms with Gasteiger partial charge in [0.2, 0.25) is 5.91 Å². The Bertz CT molecular complexity index is 749. The van der Waals surface area contributed by atoms with Crippen LogP contribution in [0.1, 0.15) is 38.1 Å². The summed E-state index contributed by atoms with van der Waals surface area (Å²) < 4.78 is 1.88. The molecular formula is C17H21N3O2. The number of nitrogens with one attached hydrogen (secondary N) is 1. The van der Waals surface area contributed by atoms with E-state index in [2.05, 4.69) is 4.98 Å². The van der Waals surface area contributed by atoms with E-state index in [4.69, 9.17) is 0 Å². The highest BCUT2D eigenvalue weighted by atomic mass is 16.2. The number of aromatic amines is 1. The molecule has 4 rings (SSSR count). The van der Waals surface area contributed by atoms with Gasteiger partial charge in [0.15, 0.2) is 0 Å². The Morgan fingerprint density at radius 2 is 1.82 bits per heavy atom. The maximum atomic E-state index is 12.3. The molecule has 1 saturated carbocycles. The highest BCUT2D eigenvalue weighted by Gasteiger charge is 2.32. The Kier molecular flexibility index (Phi) is 3.28. The van der Waals surface area contributed by atoms with E-state index in [1.54, 1.807) is 0 Å². The molecule has 1 N–H and O–H groups in total. The van der Waals surface area contributed by atoms with Crippen LogP contribution in [0.15, 0.2) is 29.1 Å². The first-order chi connectivity index (χ1) is 10.7. The van der Waals surface area contributed by atoms with Gasteiger partial charge in [0, 0.05) is 25.0 Å². The number of imidazole rings is 1. The predicted octanol–water partition coefficient (Wildman–Crippen LogP) is 2.29. The number of benzene rings is 1. The van der Waals surface area contributed by atoms with Gasteiger partial charge in [0.1, 0.15) is 0 Å². The number of fused-ring (bicyclic) bond motifs is 1. The predicted molar refractivity (Wildman–Crippen MR) is 84.8 cm³/mol. The van der Waals surface area contributed by atoms with Crippen LogP contribution in [0.5, 0.6) is 0 Å². The van der Waals surface area contributed by atoms with Crippen LogP contribution in [0.4, 0.5) is 0 Å². The number of amides is 1. The first-order valence-corrected chi connectivity index (χ1v) is 8.22. The zero-order chi connectivity index (χ0) is 15.1. The highest BCUT2D eigenvalue weighted by Crippen LogP contribution is 2.31. The fraction of sp³-hybridized carbons (Fsp3) is 0.529. The van der Waals surface area contributed by atoms with Gasteiger partial charge < -0.3 is 9.88 Å². The lowest BCUT2D eigenvalue weighted by molar-refractivity contribution is -0.139. The van der Waals surface area contributed by atoms with Crippen molar-refractivity contribution in [3.05, 3.63) is 34.7 Å². The van der Waals surface area contributed by atoms with Crippen molar-refractivity contribution >= 4 is 16.9 Å². The largest absolute Gasteiger partial charge is 0.342 e. The maximum Gasteiger partial charge on any atom is 0.326 e. The van der Waals surface area contributed by atoms with Crippen LogP contribution in [0.25, 0.3) is 11.0 Å². The number of hydrogen-bond acceptors (Lipinski definition) is 2. The minimum Gasteiger partial charge on any atom is -0.342 e. The number of carbonyl (C=O) groups is 1. The van der Waals surface area contributed by atoms with Crippen molar-refractivity contribution in [2.24, 2.45) is 5.92 Å². The lowest BCUT2D eigenvalue weighted by Gasteiger charge is -2.36. The number of carbonyl (C=O) groups excluding carboxylic acids is 1. The number of nitrogens with zero attached hydrogens (tertiary/aromatic N) is 2. The average molecular weight is 299 g/mol. The number of aromatic nitrogens is 2. The molecule has 116 valence electrons. The zero-order valence-corrected chi connectivity index (χ0v) is 12.6. The second kappa shape index (κ2) is 5.30. The molecule has 22 heavy (non-hydrogen) atoms. The number of hydrogen-bond donors (Lipinski definition) is 1. The van der Waals surface area contributed by atoms with E-state index in [0.29, 0.717) is 5.91 Å². The molecule has 2 aromatic rings. The smallest absolute Gasteiger partial charge is 0.326 e. The van der Waals surface area contributed by atoms with Crippen molar-refractivity contribution in [1.82, 2.24) is 14.5 Å². The summed E-state index contributed by atoms with van der Waals surface area (Å²) in [4.78, 5) is 29.5. The third-order valence-corrected chi connectivity index (χ3v) is 5.22. The number of likely N-dealkylation sites (tertiary alicyclic amines) is 1. The average Bonchev–Trinajstić information content (AvgIpc) is 2.81. The third-order valence-electron chi connectivity index (χ3n) is 5.22. The Morgan fingerprint density at radius 1 is 1.09 bits per heavy atom. The van der Waals surface area contributed by atoms with Gasteiger partial charge in [0.05, 0.1) is 11.0 Å². The quantitative estimate of drug-likeness (QED) is 0.925. The van der Waals surface area contributed by atoms with Crippen molar-refractivity contribution in [1.29, 1.82) is 0 Å². The third kappa shape index (κ3) is 2.16. The van der Waals surface area contributed by atoms with E-state index in [-0.39, 0.29) is 17.6 Å². The van der Waals surface area contributed by atoms with E-state index < -0.39 is 0 Å². The molecule has 2 fully saturated rings. The Labute approximate surface area is 128 Å². The molecule has 2 heterocycles. The SMILES string of the molecule is O=C(C1CCC1)N1CCC(n2c(=O)[nH]c3ccccc32)CC1. The zero-order valence-electron chi connectivity index (χ0n) is 12.6. The van der Waals surface area contributed by atoms with Gasteiger partial charge in [-0.1, -0.05) is 18.6 Å².